The van der Waals surface area contributed by atoms with Crippen molar-refractivity contribution >= 4 is 5.91 Å². The van der Waals surface area contributed by atoms with E-state index in [9.17, 15) is 4.79 Å². The van der Waals surface area contributed by atoms with Crippen LogP contribution in [0, 0.1) is 0 Å². The molecular weight excluding hydrogens is 244 g/mol. The lowest BCUT2D eigenvalue weighted by Gasteiger charge is -2.21. The van der Waals surface area contributed by atoms with Gasteiger partial charge in [0.2, 0.25) is 5.91 Å². The van der Waals surface area contributed by atoms with Gasteiger partial charge in [-0.1, -0.05) is 12.1 Å². The highest BCUT2D eigenvalue weighted by atomic mass is 16.5. The number of amides is 1. The Hall–Kier alpha value is -1.43. The Labute approximate surface area is 114 Å². The maximum atomic E-state index is 11.0. The van der Waals surface area contributed by atoms with Crippen molar-refractivity contribution in [3.05, 3.63) is 35.4 Å². The highest BCUT2D eigenvalue weighted by Gasteiger charge is 2.06. The first kappa shape index (κ1) is 15.6. The van der Waals surface area contributed by atoms with Crippen LogP contribution >= 0.6 is 0 Å². The van der Waals surface area contributed by atoms with Crippen LogP contribution in [0.5, 0.6) is 0 Å². The molecule has 1 rings (SSSR count). The second-order valence-corrected chi connectivity index (χ2v) is 4.32. The number of carbonyl (C=O) groups excluding carboxylic acids is 1. The summed E-state index contributed by atoms with van der Waals surface area (Å²) in [4.78, 5) is 13.2. The highest BCUT2D eigenvalue weighted by Crippen LogP contribution is 2.07. The number of rotatable bonds is 9. The molecule has 0 bridgehead atoms. The van der Waals surface area contributed by atoms with Gasteiger partial charge < -0.3 is 15.2 Å². The molecule has 0 fully saturated rings. The van der Waals surface area contributed by atoms with Gasteiger partial charge in [-0.05, 0) is 17.7 Å². The lowest BCUT2D eigenvalue weighted by Crippen LogP contribution is -2.30. The maximum Gasteiger partial charge on any atom is 0.248 e. The Morgan fingerprint density at radius 2 is 1.63 bits per heavy atom. The number of benzene rings is 1. The second-order valence-electron chi connectivity index (χ2n) is 4.32. The lowest BCUT2D eigenvalue weighted by atomic mass is 10.1. The van der Waals surface area contributed by atoms with Gasteiger partial charge in [0.05, 0.1) is 13.2 Å². The normalized spacial score (nSPS) is 10.9. The van der Waals surface area contributed by atoms with Crippen molar-refractivity contribution in [3.63, 3.8) is 0 Å². The van der Waals surface area contributed by atoms with E-state index in [4.69, 9.17) is 15.2 Å². The van der Waals surface area contributed by atoms with Crippen molar-refractivity contribution < 1.29 is 14.3 Å². The highest BCUT2D eigenvalue weighted by molar-refractivity contribution is 5.92. The maximum absolute atomic E-state index is 11.0. The first-order valence-corrected chi connectivity index (χ1v) is 6.26. The Kier molecular flexibility index (Phi) is 7.10. The summed E-state index contributed by atoms with van der Waals surface area (Å²) in [5.41, 5.74) is 6.88. The molecule has 0 saturated carbocycles. The Morgan fingerprint density at radius 1 is 1.11 bits per heavy atom. The van der Waals surface area contributed by atoms with E-state index in [-0.39, 0.29) is 0 Å². The molecule has 0 aliphatic carbocycles. The van der Waals surface area contributed by atoms with Gasteiger partial charge in [-0.25, -0.2) is 0 Å². The number of hydrogen-bond donors (Lipinski definition) is 1. The monoisotopic (exact) mass is 266 g/mol. The fraction of sp³-hybridized carbons (Fsp3) is 0.500. The van der Waals surface area contributed by atoms with E-state index in [0.717, 1.165) is 25.2 Å². The van der Waals surface area contributed by atoms with Crippen LogP contribution in [-0.4, -0.2) is 51.3 Å². The van der Waals surface area contributed by atoms with Gasteiger partial charge in [0, 0.05) is 39.4 Å². The predicted molar refractivity (Wildman–Crippen MR) is 74.0 cm³/mol. The van der Waals surface area contributed by atoms with E-state index in [2.05, 4.69) is 4.90 Å². The average Bonchev–Trinajstić information content (AvgIpc) is 2.42. The van der Waals surface area contributed by atoms with E-state index in [1.54, 1.807) is 26.4 Å². The quantitative estimate of drug-likeness (QED) is 0.720. The minimum absolute atomic E-state index is 0.401. The van der Waals surface area contributed by atoms with Gasteiger partial charge in [-0.3, -0.25) is 9.69 Å². The SMILES string of the molecule is COCCN(CCOC)Cc1ccc(C(N)=O)cc1. The van der Waals surface area contributed by atoms with Gasteiger partial charge in [-0.2, -0.15) is 0 Å². The molecule has 0 aliphatic rings. The van der Waals surface area contributed by atoms with Crippen LogP contribution < -0.4 is 5.73 Å². The predicted octanol–water partition coefficient (Wildman–Crippen LogP) is 0.880. The third-order valence-electron chi connectivity index (χ3n) is 2.87. The lowest BCUT2D eigenvalue weighted by molar-refractivity contribution is 0.100. The van der Waals surface area contributed by atoms with Crippen LogP contribution in [0.15, 0.2) is 24.3 Å². The first-order chi connectivity index (χ1) is 9.17. The number of carbonyl (C=O) groups is 1. The van der Waals surface area contributed by atoms with Gasteiger partial charge in [-0.15, -0.1) is 0 Å². The van der Waals surface area contributed by atoms with Gasteiger partial charge >= 0.3 is 0 Å². The molecule has 1 aromatic carbocycles. The summed E-state index contributed by atoms with van der Waals surface area (Å²) in [7, 11) is 3.38. The minimum atomic E-state index is -0.401. The Bertz CT molecular complexity index is 371. The number of methoxy groups -OCH3 is 2. The molecule has 0 spiro atoms. The van der Waals surface area contributed by atoms with Gasteiger partial charge in [0.15, 0.2) is 0 Å². The summed E-state index contributed by atoms with van der Waals surface area (Å²) < 4.78 is 10.2. The molecule has 19 heavy (non-hydrogen) atoms. The van der Waals surface area contributed by atoms with Crippen LogP contribution in [0.25, 0.3) is 0 Å². The third kappa shape index (κ3) is 5.83. The van der Waals surface area contributed by atoms with Crippen LogP contribution in [0.2, 0.25) is 0 Å². The first-order valence-electron chi connectivity index (χ1n) is 6.26. The van der Waals surface area contributed by atoms with Crippen molar-refractivity contribution in [1.82, 2.24) is 4.90 Å². The summed E-state index contributed by atoms with van der Waals surface area (Å²) in [6.07, 6.45) is 0. The molecule has 1 aromatic rings. The van der Waals surface area contributed by atoms with Crippen LogP contribution in [0.3, 0.4) is 0 Å². The summed E-state index contributed by atoms with van der Waals surface area (Å²) in [6.45, 7) is 3.85. The molecule has 0 saturated heterocycles. The zero-order valence-electron chi connectivity index (χ0n) is 11.6. The molecule has 5 nitrogen and oxygen atoms in total. The van der Waals surface area contributed by atoms with Crippen LogP contribution in [0.1, 0.15) is 15.9 Å². The van der Waals surface area contributed by atoms with Crippen molar-refractivity contribution in [2.75, 3.05) is 40.5 Å². The molecule has 106 valence electrons. The summed E-state index contributed by atoms with van der Waals surface area (Å²) in [5.74, 6) is -0.401. The summed E-state index contributed by atoms with van der Waals surface area (Å²) >= 11 is 0. The summed E-state index contributed by atoms with van der Waals surface area (Å²) in [6, 6.07) is 7.35. The van der Waals surface area contributed by atoms with Crippen molar-refractivity contribution in [3.8, 4) is 0 Å². The van der Waals surface area contributed by atoms with Crippen molar-refractivity contribution in [1.29, 1.82) is 0 Å². The molecule has 0 unspecified atom stereocenters. The standard InChI is InChI=1S/C14H22N2O3/c1-18-9-7-16(8-10-19-2)11-12-3-5-13(6-4-12)14(15)17/h3-6H,7-11H2,1-2H3,(H2,15,17). The zero-order valence-corrected chi connectivity index (χ0v) is 11.6. The molecular formula is C14H22N2O3. The average molecular weight is 266 g/mol. The molecule has 0 aromatic heterocycles. The van der Waals surface area contributed by atoms with E-state index in [1.165, 1.54) is 0 Å². The molecule has 5 heteroatoms. The van der Waals surface area contributed by atoms with Gasteiger partial charge in [0.25, 0.3) is 0 Å². The molecule has 1 amide bonds. The molecule has 0 aliphatic heterocycles. The van der Waals surface area contributed by atoms with Crippen molar-refractivity contribution in [2.24, 2.45) is 5.73 Å². The number of hydrogen-bond acceptors (Lipinski definition) is 4. The number of nitrogens with two attached hydrogens (primary N) is 1. The molecule has 2 N–H and O–H groups in total. The van der Waals surface area contributed by atoms with E-state index in [0.29, 0.717) is 18.8 Å². The van der Waals surface area contributed by atoms with E-state index >= 15 is 0 Å². The number of primary amides is 1. The van der Waals surface area contributed by atoms with E-state index < -0.39 is 5.91 Å². The van der Waals surface area contributed by atoms with E-state index in [1.807, 2.05) is 12.1 Å². The fourth-order valence-corrected chi connectivity index (χ4v) is 1.74. The third-order valence-corrected chi connectivity index (χ3v) is 2.87. The molecule has 0 atom stereocenters. The van der Waals surface area contributed by atoms with Crippen molar-refractivity contribution in [2.45, 2.75) is 6.54 Å². The topological polar surface area (TPSA) is 64.8 Å². The largest absolute Gasteiger partial charge is 0.383 e. The van der Waals surface area contributed by atoms with Gasteiger partial charge in [0.1, 0.15) is 0 Å². The Balaban J connectivity index is 2.58. The summed E-state index contributed by atoms with van der Waals surface area (Å²) in [5, 5.41) is 0. The second kappa shape index (κ2) is 8.63. The minimum Gasteiger partial charge on any atom is -0.383 e. The fourth-order valence-electron chi connectivity index (χ4n) is 1.74. The molecule has 0 radical (unpaired) electrons. The van der Waals surface area contributed by atoms with Crippen LogP contribution in [-0.2, 0) is 16.0 Å². The number of ether oxygens (including phenoxy) is 2. The Morgan fingerprint density at radius 3 is 2.05 bits per heavy atom. The van der Waals surface area contributed by atoms with Crippen LogP contribution in [0.4, 0.5) is 0 Å². The zero-order chi connectivity index (χ0) is 14.1. The smallest absolute Gasteiger partial charge is 0.248 e. The number of nitrogens with zero attached hydrogens (tertiary/aromatic N) is 1. The molecule has 0 heterocycles.